The van der Waals surface area contributed by atoms with Crippen LogP contribution in [-0.4, -0.2) is 32.8 Å². The van der Waals surface area contributed by atoms with E-state index >= 15 is 0 Å². The quantitative estimate of drug-likeness (QED) is 0.654. The fourth-order valence-electron chi connectivity index (χ4n) is 2.34. The van der Waals surface area contributed by atoms with Crippen molar-refractivity contribution in [3.8, 4) is 17.2 Å². The second-order valence-corrected chi connectivity index (χ2v) is 5.56. The van der Waals surface area contributed by atoms with Gasteiger partial charge in [-0.1, -0.05) is 0 Å². The zero-order valence-corrected chi connectivity index (χ0v) is 15.1. The Bertz CT molecular complexity index is 703. The van der Waals surface area contributed by atoms with Crippen LogP contribution in [0.5, 0.6) is 17.2 Å². The fourth-order valence-corrected chi connectivity index (χ4v) is 2.34. The van der Waals surface area contributed by atoms with Gasteiger partial charge < -0.3 is 19.5 Å². The van der Waals surface area contributed by atoms with E-state index in [9.17, 15) is 9.18 Å². The number of hydrogen-bond acceptors (Lipinski definition) is 4. The summed E-state index contributed by atoms with van der Waals surface area (Å²) in [4.78, 5) is 12.2. The number of carbonyl (C=O) groups is 1. The molecule has 0 aliphatic carbocycles. The first-order valence-corrected chi connectivity index (χ1v) is 8.61. The Balaban J connectivity index is 1.71. The summed E-state index contributed by atoms with van der Waals surface area (Å²) in [6.07, 6.45) is 1.56. The topological polar surface area (TPSA) is 56.8 Å². The van der Waals surface area contributed by atoms with Crippen LogP contribution in [0.4, 0.5) is 4.39 Å². The van der Waals surface area contributed by atoms with Crippen molar-refractivity contribution in [3.63, 3.8) is 0 Å². The molecule has 1 N–H and O–H groups in total. The molecular formula is C20H24FNO4. The third kappa shape index (κ3) is 5.95. The summed E-state index contributed by atoms with van der Waals surface area (Å²) in [5, 5.41) is 2.87. The zero-order valence-electron chi connectivity index (χ0n) is 15.1. The van der Waals surface area contributed by atoms with Crippen molar-refractivity contribution in [3.05, 3.63) is 53.8 Å². The molecule has 26 heavy (non-hydrogen) atoms. The van der Waals surface area contributed by atoms with E-state index in [-0.39, 0.29) is 11.7 Å². The fraction of sp³-hybridized carbons (Fsp3) is 0.350. The van der Waals surface area contributed by atoms with E-state index in [4.69, 9.17) is 14.2 Å². The highest BCUT2D eigenvalue weighted by Gasteiger charge is 2.10. The van der Waals surface area contributed by atoms with Crippen LogP contribution in [0.2, 0.25) is 0 Å². The summed E-state index contributed by atoms with van der Waals surface area (Å²) in [6, 6.07) is 11.0. The number of hydrogen-bond donors (Lipinski definition) is 1. The molecule has 0 fully saturated rings. The highest BCUT2D eigenvalue weighted by atomic mass is 19.1. The minimum atomic E-state index is -0.286. The highest BCUT2D eigenvalue weighted by molar-refractivity contribution is 5.94. The van der Waals surface area contributed by atoms with Crippen molar-refractivity contribution in [2.24, 2.45) is 0 Å². The van der Waals surface area contributed by atoms with Gasteiger partial charge in [0.25, 0.3) is 5.91 Å². The predicted molar refractivity (Wildman–Crippen MR) is 97.6 cm³/mol. The van der Waals surface area contributed by atoms with E-state index in [0.717, 1.165) is 12.8 Å². The van der Waals surface area contributed by atoms with Crippen molar-refractivity contribution in [1.82, 2.24) is 5.32 Å². The molecule has 6 heteroatoms. The van der Waals surface area contributed by atoms with Gasteiger partial charge in [-0.2, -0.15) is 0 Å². The van der Waals surface area contributed by atoms with Gasteiger partial charge in [0.1, 0.15) is 11.6 Å². The van der Waals surface area contributed by atoms with Gasteiger partial charge in [-0.25, -0.2) is 4.39 Å². The van der Waals surface area contributed by atoms with Crippen LogP contribution < -0.4 is 19.5 Å². The molecule has 0 bridgehead atoms. The minimum absolute atomic E-state index is 0.159. The van der Waals surface area contributed by atoms with Gasteiger partial charge in [0, 0.05) is 12.1 Å². The van der Waals surface area contributed by atoms with Crippen LogP contribution in [0.3, 0.4) is 0 Å². The number of ether oxygens (including phenoxy) is 3. The van der Waals surface area contributed by atoms with Crippen LogP contribution in [0.15, 0.2) is 42.5 Å². The smallest absolute Gasteiger partial charge is 0.251 e. The van der Waals surface area contributed by atoms with Gasteiger partial charge in [-0.15, -0.1) is 0 Å². The molecule has 1 amide bonds. The normalized spacial score (nSPS) is 10.3. The zero-order chi connectivity index (χ0) is 18.8. The van der Waals surface area contributed by atoms with E-state index in [1.165, 1.54) is 12.1 Å². The van der Waals surface area contributed by atoms with Crippen LogP contribution in [0.25, 0.3) is 0 Å². The monoisotopic (exact) mass is 361 g/mol. The number of carbonyl (C=O) groups excluding carboxylic acids is 1. The van der Waals surface area contributed by atoms with E-state index in [1.54, 1.807) is 37.4 Å². The van der Waals surface area contributed by atoms with Crippen LogP contribution in [0, 0.1) is 5.82 Å². The molecule has 0 heterocycles. The average Bonchev–Trinajstić information content (AvgIpc) is 2.66. The van der Waals surface area contributed by atoms with Crippen LogP contribution in [0.1, 0.15) is 30.1 Å². The largest absolute Gasteiger partial charge is 0.494 e. The van der Waals surface area contributed by atoms with Gasteiger partial charge >= 0.3 is 0 Å². The molecule has 2 aromatic rings. The van der Waals surface area contributed by atoms with Gasteiger partial charge in [0.15, 0.2) is 11.5 Å². The molecule has 140 valence electrons. The molecule has 5 nitrogen and oxygen atoms in total. The Kier molecular flexibility index (Phi) is 7.74. The van der Waals surface area contributed by atoms with Crippen LogP contribution >= 0.6 is 0 Å². The lowest BCUT2D eigenvalue weighted by Crippen LogP contribution is -2.24. The Hall–Kier alpha value is -2.76. The Labute approximate surface area is 153 Å². The number of methoxy groups -OCH3 is 1. The Morgan fingerprint density at radius 3 is 2.50 bits per heavy atom. The van der Waals surface area contributed by atoms with Crippen molar-refractivity contribution in [1.29, 1.82) is 0 Å². The second-order valence-electron chi connectivity index (χ2n) is 5.56. The predicted octanol–water partition coefficient (Wildman–Crippen LogP) is 3.82. The standard InChI is InChI=1S/C20H24FNO4/c1-3-25-19-14-15(6-11-18(19)24-2)20(23)22-12-4-5-13-26-17-9-7-16(21)8-10-17/h6-11,14H,3-5,12-13H2,1-2H3,(H,22,23). The number of halogens is 1. The molecule has 0 radical (unpaired) electrons. The molecule has 0 atom stereocenters. The van der Waals surface area contributed by atoms with Gasteiger partial charge in [0.2, 0.25) is 0 Å². The number of nitrogens with one attached hydrogen (secondary N) is 1. The molecular weight excluding hydrogens is 337 g/mol. The summed E-state index contributed by atoms with van der Waals surface area (Å²) >= 11 is 0. The highest BCUT2D eigenvalue weighted by Crippen LogP contribution is 2.28. The third-order valence-corrected chi connectivity index (χ3v) is 3.66. The number of benzene rings is 2. The molecule has 0 aliphatic rings. The third-order valence-electron chi connectivity index (χ3n) is 3.66. The summed E-state index contributed by atoms with van der Waals surface area (Å²) in [7, 11) is 1.56. The molecule has 0 aromatic heterocycles. The van der Waals surface area contributed by atoms with E-state index in [0.29, 0.717) is 42.6 Å². The molecule has 0 saturated heterocycles. The summed E-state index contributed by atoms with van der Waals surface area (Å²) in [5.74, 6) is 1.34. The van der Waals surface area contributed by atoms with Crippen molar-refractivity contribution < 1.29 is 23.4 Å². The van der Waals surface area contributed by atoms with Crippen LogP contribution in [-0.2, 0) is 0 Å². The SMILES string of the molecule is CCOc1cc(C(=O)NCCCCOc2ccc(F)cc2)ccc1OC. The lowest BCUT2D eigenvalue weighted by atomic mass is 10.2. The molecule has 0 spiro atoms. The molecule has 2 rings (SSSR count). The number of unbranched alkanes of at least 4 members (excludes halogenated alkanes) is 1. The van der Waals surface area contributed by atoms with Gasteiger partial charge in [-0.3, -0.25) is 4.79 Å². The molecule has 0 unspecified atom stereocenters. The lowest BCUT2D eigenvalue weighted by molar-refractivity contribution is 0.0952. The van der Waals surface area contributed by atoms with E-state index in [1.807, 2.05) is 6.92 Å². The first kappa shape index (κ1) is 19.6. The first-order valence-electron chi connectivity index (χ1n) is 8.61. The second kappa shape index (κ2) is 10.3. The van der Waals surface area contributed by atoms with Gasteiger partial charge in [0.05, 0.1) is 20.3 Å². The minimum Gasteiger partial charge on any atom is -0.494 e. The lowest BCUT2D eigenvalue weighted by Gasteiger charge is -2.11. The van der Waals surface area contributed by atoms with E-state index in [2.05, 4.69) is 5.32 Å². The Morgan fingerprint density at radius 2 is 1.81 bits per heavy atom. The van der Waals surface area contributed by atoms with Crippen molar-refractivity contribution in [2.45, 2.75) is 19.8 Å². The molecule has 0 aliphatic heterocycles. The molecule has 2 aromatic carbocycles. The summed E-state index contributed by atoms with van der Waals surface area (Å²) < 4.78 is 29.0. The van der Waals surface area contributed by atoms with Gasteiger partial charge in [-0.05, 0) is 62.2 Å². The van der Waals surface area contributed by atoms with Crippen molar-refractivity contribution in [2.75, 3.05) is 26.9 Å². The Morgan fingerprint density at radius 1 is 1.04 bits per heavy atom. The summed E-state index contributed by atoms with van der Waals surface area (Å²) in [5.41, 5.74) is 0.525. The average molecular weight is 361 g/mol. The first-order chi connectivity index (χ1) is 12.6. The summed E-state index contributed by atoms with van der Waals surface area (Å²) in [6.45, 7) is 3.43. The molecule has 0 saturated carbocycles. The maximum atomic E-state index is 12.8. The maximum Gasteiger partial charge on any atom is 0.251 e. The number of amides is 1. The van der Waals surface area contributed by atoms with Crippen molar-refractivity contribution >= 4 is 5.91 Å². The van der Waals surface area contributed by atoms with E-state index < -0.39 is 0 Å². The maximum absolute atomic E-state index is 12.8. The number of rotatable bonds is 10.